The number of halogens is 2. The number of hydrogen-bond acceptors (Lipinski definition) is 0. The summed E-state index contributed by atoms with van der Waals surface area (Å²) in [7, 11) is 0. The summed E-state index contributed by atoms with van der Waals surface area (Å²) in [5.74, 6) is -0.401. The fourth-order valence-electron chi connectivity index (χ4n) is 1.86. The Bertz CT molecular complexity index is 486. The molecule has 0 N–H and O–H groups in total. The predicted octanol–water partition coefficient (Wildman–Crippen LogP) is 4.59. The molecule has 2 aromatic carbocycles. The smallest absolute Gasteiger partial charge is 0.123 e. The lowest BCUT2D eigenvalue weighted by Gasteiger charge is -2.14. The minimum Gasteiger partial charge on any atom is -0.207 e. The van der Waals surface area contributed by atoms with Crippen LogP contribution >= 0.6 is 0 Å². The molecule has 0 aliphatic rings. The second-order valence-corrected chi connectivity index (χ2v) is 4.16. The zero-order chi connectivity index (χ0) is 13.0. The third-order valence-electron chi connectivity index (χ3n) is 2.87. The molecule has 0 amide bonds. The lowest BCUT2D eigenvalue weighted by atomic mass is 9.90. The van der Waals surface area contributed by atoms with E-state index in [1.165, 1.54) is 24.3 Å². The van der Waals surface area contributed by atoms with E-state index in [4.69, 9.17) is 0 Å². The molecular formula is C16H14F2. The average Bonchev–Trinajstić information content (AvgIpc) is 2.39. The quantitative estimate of drug-likeness (QED) is 0.738. The molecule has 0 aliphatic heterocycles. The molecule has 0 heterocycles. The van der Waals surface area contributed by atoms with Crippen molar-refractivity contribution in [1.82, 2.24) is 0 Å². The van der Waals surface area contributed by atoms with Crippen molar-refractivity contribution in [3.05, 3.63) is 77.7 Å². The van der Waals surface area contributed by atoms with Crippen LogP contribution in [0, 0.1) is 18.1 Å². The van der Waals surface area contributed by atoms with Gasteiger partial charge in [-0.3, -0.25) is 0 Å². The molecule has 2 aromatic rings. The molecule has 0 saturated heterocycles. The van der Waals surface area contributed by atoms with Gasteiger partial charge in [0.05, 0.1) is 0 Å². The molecule has 2 heteroatoms. The van der Waals surface area contributed by atoms with E-state index in [1.54, 1.807) is 24.3 Å². The second kappa shape index (κ2) is 5.76. The normalized spacial score (nSPS) is 12.4. The summed E-state index contributed by atoms with van der Waals surface area (Å²) in [4.78, 5) is 0. The van der Waals surface area contributed by atoms with Crippen molar-refractivity contribution in [3.8, 4) is 0 Å². The van der Waals surface area contributed by atoms with Gasteiger partial charge in [0.2, 0.25) is 0 Å². The fourth-order valence-corrected chi connectivity index (χ4v) is 1.86. The summed E-state index contributed by atoms with van der Waals surface area (Å²) in [5, 5.41) is 0. The van der Waals surface area contributed by atoms with Crippen LogP contribution in [0.3, 0.4) is 0 Å². The first-order chi connectivity index (χ1) is 8.69. The van der Waals surface area contributed by atoms with Gasteiger partial charge in [0.15, 0.2) is 0 Å². The fraction of sp³-hybridized carbons (Fsp3) is 0.188. The van der Waals surface area contributed by atoms with Crippen molar-refractivity contribution in [3.63, 3.8) is 0 Å². The number of benzene rings is 2. The predicted molar refractivity (Wildman–Crippen MR) is 68.2 cm³/mol. The molecule has 18 heavy (non-hydrogen) atoms. The first-order valence-electron chi connectivity index (χ1n) is 5.96. The highest BCUT2D eigenvalue weighted by Gasteiger charge is 2.11. The summed E-state index contributed by atoms with van der Waals surface area (Å²) in [6, 6.07) is 12.6. The molecule has 92 valence electrons. The molecule has 0 aromatic heterocycles. The topological polar surface area (TPSA) is 0 Å². The Balaban J connectivity index is 2.14. The van der Waals surface area contributed by atoms with E-state index >= 15 is 0 Å². The molecule has 2 radical (unpaired) electrons. The van der Waals surface area contributed by atoms with Gasteiger partial charge in [-0.15, -0.1) is 0 Å². The Morgan fingerprint density at radius 3 is 1.89 bits per heavy atom. The molecule has 0 bridgehead atoms. The molecule has 0 spiro atoms. The van der Waals surface area contributed by atoms with E-state index in [0.717, 1.165) is 17.5 Å². The second-order valence-electron chi connectivity index (χ2n) is 4.16. The van der Waals surface area contributed by atoms with Gasteiger partial charge in [-0.05, 0) is 47.7 Å². The van der Waals surface area contributed by atoms with Crippen LogP contribution in [0.15, 0.2) is 48.5 Å². The Morgan fingerprint density at radius 1 is 0.889 bits per heavy atom. The van der Waals surface area contributed by atoms with Crippen molar-refractivity contribution >= 4 is 0 Å². The summed E-state index contributed by atoms with van der Waals surface area (Å²) in [6.07, 6.45) is 4.17. The van der Waals surface area contributed by atoms with Gasteiger partial charge in [0, 0.05) is 6.42 Å². The highest BCUT2D eigenvalue weighted by molar-refractivity contribution is 5.31. The lowest BCUT2D eigenvalue weighted by molar-refractivity contribution is 0.624. The van der Waals surface area contributed by atoms with Gasteiger partial charge >= 0.3 is 0 Å². The molecule has 1 unspecified atom stereocenters. The van der Waals surface area contributed by atoms with E-state index < -0.39 is 0 Å². The van der Waals surface area contributed by atoms with Gasteiger partial charge in [0.25, 0.3) is 0 Å². The zero-order valence-corrected chi connectivity index (χ0v) is 10.2. The Labute approximate surface area is 106 Å². The summed E-state index contributed by atoms with van der Waals surface area (Å²) in [5.41, 5.74) is 1.87. The van der Waals surface area contributed by atoms with Crippen LogP contribution in [-0.2, 0) is 0 Å². The SMILES string of the molecule is CCC([C]c1ccc(F)cc1)c1ccc(F)cc1. The largest absolute Gasteiger partial charge is 0.207 e. The van der Waals surface area contributed by atoms with E-state index in [1.807, 2.05) is 6.92 Å². The zero-order valence-electron chi connectivity index (χ0n) is 10.2. The summed E-state index contributed by atoms with van der Waals surface area (Å²) >= 11 is 0. The third-order valence-corrected chi connectivity index (χ3v) is 2.87. The van der Waals surface area contributed by atoms with E-state index in [0.29, 0.717) is 0 Å². The maximum Gasteiger partial charge on any atom is 0.123 e. The molecule has 1 atom stereocenters. The monoisotopic (exact) mass is 244 g/mol. The van der Waals surface area contributed by atoms with Crippen LogP contribution in [0.4, 0.5) is 8.78 Å². The summed E-state index contributed by atoms with van der Waals surface area (Å²) < 4.78 is 25.7. The van der Waals surface area contributed by atoms with Gasteiger partial charge < -0.3 is 0 Å². The van der Waals surface area contributed by atoms with Gasteiger partial charge in [0.1, 0.15) is 11.6 Å². The van der Waals surface area contributed by atoms with Gasteiger partial charge in [-0.2, -0.15) is 0 Å². The van der Waals surface area contributed by atoms with Crippen LogP contribution in [-0.4, -0.2) is 0 Å². The van der Waals surface area contributed by atoms with Crippen molar-refractivity contribution in [2.24, 2.45) is 0 Å². The van der Waals surface area contributed by atoms with Crippen LogP contribution in [0.2, 0.25) is 0 Å². The van der Waals surface area contributed by atoms with E-state index in [2.05, 4.69) is 6.42 Å². The molecular weight excluding hydrogens is 230 g/mol. The van der Waals surface area contributed by atoms with Crippen LogP contribution in [0.5, 0.6) is 0 Å². The van der Waals surface area contributed by atoms with Crippen molar-refractivity contribution < 1.29 is 8.78 Å². The highest BCUT2D eigenvalue weighted by atomic mass is 19.1. The van der Waals surface area contributed by atoms with E-state index in [-0.39, 0.29) is 17.6 Å². The first-order valence-corrected chi connectivity index (χ1v) is 5.96. The van der Waals surface area contributed by atoms with Crippen LogP contribution < -0.4 is 0 Å². The number of hydrogen-bond donors (Lipinski definition) is 0. The van der Waals surface area contributed by atoms with Crippen LogP contribution in [0.25, 0.3) is 0 Å². The van der Waals surface area contributed by atoms with Crippen molar-refractivity contribution in [1.29, 1.82) is 0 Å². The standard InChI is InChI=1S/C16H14F2/c1-2-13(14-5-9-16(18)10-6-14)11-12-3-7-15(17)8-4-12/h3-10,13H,2H2,1H3. The minimum atomic E-state index is -0.254. The Kier molecular flexibility index (Phi) is 4.08. The Morgan fingerprint density at radius 2 is 1.39 bits per heavy atom. The molecule has 0 fully saturated rings. The number of rotatable bonds is 4. The molecule has 0 aliphatic carbocycles. The van der Waals surface area contributed by atoms with Crippen LogP contribution in [0.1, 0.15) is 30.4 Å². The van der Waals surface area contributed by atoms with E-state index in [9.17, 15) is 8.78 Å². The maximum absolute atomic E-state index is 12.9. The highest BCUT2D eigenvalue weighted by Crippen LogP contribution is 2.26. The van der Waals surface area contributed by atoms with Gasteiger partial charge in [-0.25, -0.2) is 8.78 Å². The third kappa shape index (κ3) is 3.16. The lowest BCUT2D eigenvalue weighted by Crippen LogP contribution is -1.99. The minimum absolute atomic E-state index is 0.0936. The first kappa shape index (κ1) is 12.7. The molecule has 0 saturated carbocycles. The molecule has 2 rings (SSSR count). The van der Waals surface area contributed by atoms with Crippen molar-refractivity contribution in [2.45, 2.75) is 19.3 Å². The summed E-state index contributed by atoms with van der Waals surface area (Å²) in [6.45, 7) is 2.05. The van der Waals surface area contributed by atoms with Gasteiger partial charge in [-0.1, -0.05) is 31.2 Å². The average molecular weight is 244 g/mol. The van der Waals surface area contributed by atoms with Crippen molar-refractivity contribution in [2.75, 3.05) is 0 Å². The maximum atomic E-state index is 12.9. The Hall–Kier alpha value is -1.70. The molecule has 0 nitrogen and oxygen atoms in total.